The van der Waals surface area contributed by atoms with E-state index in [2.05, 4.69) is 24.5 Å². The molecule has 2 aromatic rings. The van der Waals surface area contributed by atoms with Gasteiger partial charge in [0.05, 0.1) is 12.3 Å². The molecule has 2 aromatic carbocycles. The van der Waals surface area contributed by atoms with Gasteiger partial charge in [-0.25, -0.2) is 0 Å². The van der Waals surface area contributed by atoms with Gasteiger partial charge in [0.15, 0.2) is 0 Å². The summed E-state index contributed by atoms with van der Waals surface area (Å²) < 4.78 is 0. The van der Waals surface area contributed by atoms with Crippen LogP contribution in [0.2, 0.25) is 0 Å². The summed E-state index contributed by atoms with van der Waals surface area (Å²) in [6.07, 6.45) is 0.749. The summed E-state index contributed by atoms with van der Waals surface area (Å²) in [6.45, 7) is 4.19. The van der Waals surface area contributed by atoms with Crippen LogP contribution >= 0.6 is 0 Å². The van der Waals surface area contributed by atoms with Crippen LogP contribution in [-0.2, 0) is 9.59 Å². The van der Waals surface area contributed by atoms with Crippen LogP contribution in [0.25, 0.3) is 0 Å². The van der Waals surface area contributed by atoms with E-state index in [9.17, 15) is 14.4 Å². The minimum absolute atomic E-state index is 0.0698. The summed E-state index contributed by atoms with van der Waals surface area (Å²) >= 11 is 0. The number of hydrogen-bond donors (Lipinski definition) is 3. The smallest absolute Gasteiger partial charge is 0.305 e. The van der Waals surface area contributed by atoms with Gasteiger partial charge in [0.1, 0.15) is 0 Å². The molecule has 0 aliphatic carbocycles. The minimum Gasteiger partial charge on any atom is -0.481 e. The van der Waals surface area contributed by atoms with Gasteiger partial charge in [-0.3, -0.25) is 14.4 Å². The number of carboxylic acids is 1. The highest BCUT2D eigenvalue weighted by Gasteiger charge is 2.25. The molecule has 0 aromatic heterocycles. The molecule has 0 saturated carbocycles. The molecule has 0 radical (unpaired) electrons. The molecule has 6 heteroatoms. The molecule has 148 valence electrons. The molecular weight excluding hydrogens is 356 g/mol. The Morgan fingerprint density at radius 3 is 2.21 bits per heavy atom. The summed E-state index contributed by atoms with van der Waals surface area (Å²) in [5, 5.41) is 14.1. The molecule has 2 rings (SSSR count). The molecule has 0 saturated heterocycles. The minimum atomic E-state index is -0.965. The molecule has 28 heavy (non-hydrogen) atoms. The van der Waals surface area contributed by atoms with E-state index in [4.69, 9.17) is 5.11 Å². The molecule has 0 spiro atoms. The highest BCUT2D eigenvalue weighted by atomic mass is 16.4. The monoisotopic (exact) mass is 382 g/mol. The SMILES string of the molecule is CCC(C)C(C(=O)Nc1ccc(C(=O)NCCC(=O)O)cc1)c1ccccc1. The number of carbonyl (C=O) groups is 3. The highest BCUT2D eigenvalue weighted by molar-refractivity contribution is 5.98. The summed E-state index contributed by atoms with van der Waals surface area (Å²) in [4.78, 5) is 35.4. The van der Waals surface area contributed by atoms with Crippen LogP contribution in [0.1, 0.15) is 48.5 Å². The fourth-order valence-corrected chi connectivity index (χ4v) is 2.94. The Morgan fingerprint density at radius 2 is 1.64 bits per heavy atom. The predicted molar refractivity (Wildman–Crippen MR) is 108 cm³/mol. The summed E-state index contributed by atoms with van der Waals surface area (Å²) in [7, 11) is 0. The van der Waals surface area contributed by atoms with Gasteiger partial charge in [0, 0.05) is 17.8 Å². The van der Waals surface area contributed by atoms with Crippen molar-refractivity contribution in [3.05, 3.63) is 65.7 Å². The van der Waals surface area contributed by atoms with Crippen LogP contribution < -0.4 is 10.6 Å². The summed E-state index contributed by atoms with van der Waals surface area (Å²) in [5.74, 6) is -1.47. The van der Waals surface area contributed by atoms with E-state index in [-0.39, 0.29) is 36.6 Å². The topological polar surface area (TPSA) is 95.5 Å². The number of amides is 2. The third-order valence-corrected chi connectivity index (χ3v) is 4.69. The lowest BCUT2D eigenvalue weighted by molar-refractivity contribution is -0.136. The van der Waals surface area contributed by atoms with Crippen molar-refractivity contribution >= 4 is 23.5 Å². The Balaban J connectivity index is 2.04. The molecule has 0 bridgehead atoms. The van der Waals surface area contributed by atoms with E-state index >= 15 is 0 Å². The number of hydrogen-bond acceptors (Lipinski definition) is 3. The van der Waals surface area contributed by atoms with Crippen LogP contribution in [0.3, 0.4) is 0 Å². The number of carbonyl (C=O) groups excluding carboxylic acids is 2. The Morgan fingerprint density at radius 1 is 1.00 bits per heavy atom. The van der Waals surface area contributed by atoms with Crippen molar-refractivity contribution in [2.45, 2.75) is 32.6 Å². The molecule has 3 N–H and O–H groups in total. The zero-order chi connectivity index (χ0) is 20.5. The first-order valence-electron chi connectivity index (χ1n) is 9.38. The van der Waals surface area contributed by atoms with Crippen molar-refractivity contribution in [3.63, 3.8) is 0 Å². The lowest BCUT2D eigenvalue weighted by Gasteiger charge is -2.23. The Kier molecular flexibility index (Phi) is 7.75. The van der Waals surface area contributed by atoms with Gasteiger partial charge in [0.2, 0.25) is 5.91 Å². The lowest BCUT2D eigenvalue weighted by atomic mass is 9.85. The molecular formula is C22H26N2O4. The van der Waals surface area contributed by atoms with Gasteiger partial charge in [0.25, 0.3) is 5.91 Å². The molecule has 0 fully saturated rings. The second-order valence-corrected chi connectivity index (χ2v) is 6.74. The van der Waals surface area contributed by atoms with Gasteiger partial charge < -0.3 is 15.7 Å². The van der Waals surface area contributed by atoms with Crippen LogP contribution in [0.5, 0.6) is 0 Å². The molecule has 6 nitrogen and oxygen atoms in total. The predicted octanol–water partition coefficient (Wildman–Crippen LogP) is 3.66. The van der Waals surface area contributed by atoms with Crippen LogP contribution in [-0.4, -0.2) is 29.4 Å². The van der Waals surface area contributed by atoms with E-state index < -0.39 is 5.97 Å². The highest BCUT2D eigenvalue weighted by Crippen LogP contribution is 2.28. The molecule has 2 atom stereocenters. The van der Waals surface area contributed by atoms with Crippen molar-refractivity contribution in [1.29, 1.82) is 0 Å². The normalized spacial score (nSPS) is 12.6. The van der Waals surface area contributed by atoms with E-state index in [0.29, 0.717) is 11.3 Å². The van der Waals surface area contributed by atoms with Gasteiger partial charge in [-0.05, 0) is 35.7 Å². The molecule has 0 heterocycles. The standard InChI is InChI=1S/C22H26N2O4/c1-3-15(2)20(16-7-5-4-6-8-16)22(28)24-18-11-9-17(10-12-18)21(27)23-14-13-19(25)26/h4-12,15,20H,3,13-14H2,1-2H3,(H,23,27)(H,24,28)(H,25,26). The molecule has 2 unspecified atom stereocenters. The zero-order valence-electron chi connectivity index (χ0n) is 16.1. The van der Waals surface area contributed by atoms with Gasteiger partial charge in [-0.15, -0.1) is 0 Å². The Hall–Kier alpha value is -3.15. The number of rotatable bonds is 9. The van der Waals surface area contributed by atoms with Crippen molar-refractivity contribution in [1.82, 2.24) is 5.32 Å². The largest absolute Gasteiger partial charge is 0.481 e. The first kappa shape index (κ1) is 21.2. The fourth-order valence-electron chi connectivity index (χ4n) is 2.94. The van der Waals surface area contributed by atoms with Gasteiger partial charge in [-0.1, -0.05) is 50.6 Å². The summed E-state index contributed by atoms with van der Waals surface area (Å²) in [5.41, 5.74) is 1.99. The fraction of sp³-hybridized carbons (Fsp3) is 0.318. The maximum atomic E-state index is 12.9. The third-order valence-electron chi connectivity index (χ3n) is 4.69. The van der Waals surface area contributed by atoms with Crippen molar-refractivity contribution in [3.8, 4) is 0 Å². The van der Waals surface area contributed by atoms with Crippen molar-refractivity contribution in [2.24, 2.45) is 5.92 Å². The number of carboxylic acid groups (broad SMARTS) is 1. The second kappa shape index (κ2) is 10.3. The third kappa shape index (κ3) is 5.94. The average Bonchev–Trinajstić information content (AvgIpc) is 2.69. The molecule has 2 amide bonds. The van der Waals surface area contributed by atoms with Crippen LogP contribution in [0.4, 0.5) is 5.69 Å². The Labute approximate surface area is 165 Å². The van der Waals surface area contributed by atoms with Gasteiger partial charge in [-0.2, -0.15) is 0 Å². The van der Waals surface area contributed by atoms with Crippen molar-refractivity contribution in [2.75, 3.05) is 11.9 Å². The quantitative estimate of drug-likeness (QED) is 0.617. The van der Waals surface area contributed by atoms with Crippen LogP contribution in [0.15, 0.2) is 54.6 Å². The maximum Gasteiger partial charge on any atom is 0.305 e. The second-order valence-electron chi connectivity index (χ2n) is 6.74. The number of aliphatic carboxylic acids is 1. The van der Waals surface area contributed by atoms with Gasteiger partial charge >= 0.3 is 5.97 Å². The van der Waals surface area contributed by atoms with E-state index in [1.165, 1.54) is 0 Å². The number of nitrogens with one attached hydrogen (secondary N) is 2. The van der Waals surface area contributed by atoms with E-state index in [0.717, 1.165) is 12.0 Å². The maximum absolute atomic E-state index is 12.9. The molecule has 0 aliphatic heterocycles. The lowest BCUT2D eigenvalue weighted by Crippen LogP contribution is -2.27. The number of anilines is 1. The van der Waals surface area contributed by atoms with Crippen molar-refractivity contribution < 1.29 is 19.5 Å². The summed E-state index contributed by atoms with van der Waals surface area (Å²) in [6, 6.07) is 16.2. The first-order valence-corrected chi connectivity index (χ1v) is 9.38. The Bertz CT molecular complexity index is 803. The van der Waals surface area contributed by atoms with E-state index in [1.54, 1.807) is 24.3 Å². The van der Waals surface area contributed by atoms with E-state index in [1.807, 2.05) is 30.3 Å². The first-order chi connectivity index (χ1) is 13.4. The zero-order valence-corrected chi connectivity index (χ0v) is 16.1. The number of benzene rings is 2. The van der Waals surface area contributed by atoms with Crippen LogP contribution in [0, 0.1) is 5.92 Å². The average molecular weight is 382 g/mol. The molecule has 0 aliphatic rings.